The van der Waals surface area contributed by atoms with E-state index in [-0.39, 0.29) is 10.8 Å². The average Bonchev–Trinajstić information content (AvgIpc) is 2.74. The lowest BCUT2D eigenvalue weighted by molar-refractivity contribution is 0.100. The number of rotatable bonds is 3. The van der Waals surface area contributed by atoms with Gasteiger partial charge in [0, 0.05) is 17.6 Å². The van der Waals surface area contributed by atoms with E-state index in [1.54, 1.807) is 17.0 Å². The number of anilines is 1. The smallest absolute Gasteiger partial charge is 0.264 e. The van der Waals surface area contributed by atoms with E-state index in [9.17, 15) is 13.2 Å². The Morgan fingerprint density at radius 1 is 0.967 bits per heavy atom. The number of fused-ring (bicyclic) bond motifs is 1. The molecule has 0 N–H and O–H groups in total. The number of thioether (sulfide) groups is 1. The molecule has 3 aromatic carbocycles. The summed E-state index contributed by atoms with van der Waals surface area (Å²) in [6.07, 6.45) is 1.15. The summed E-state index contributed by atoms with van der Waals surface area (Å²) in [7, 11) is -3.33. The summed E-state index contributed by atoms with van der Waals surface area (Å²) in [5.74, 6) is 0.472. The molecular formula is C23H20N2O3S2. The Bertz CT molecular complexity index is 1250. The first kappa shape index (κ1) is 20.4. The Hall–Kier alpha value is -2.90. The predicted octanol–water partition coefficient (Wildman–Crippen LogP) is 4.98. The summed E-state index contributed by atoms with van der Waals surface area (Å²) in [6, 6.07) is 21.6. The van der Waals surface area contributed by atoms with E-state index in [1.807, 2.05) is 55.5 Å². The largest absolute Gasteiger partial charge is 0.268 e. The van der Waals surface area contributed by atoms with Crippen LogP contribution < -0.4 is 4.90 Å². The highest BCUT2D eigenvalue weighted by molar-refractivity contribution is 8.13. The van der Waals surface area contributed by atoms with Crippen molar-refractivity contribution in [1.29, 1.82) is 0 Å². The molecule has 0 bridgehead atoms. The highest BCUT2D eigenvalue weighted by Crippen LogP contribution is 2.36. The first-order chi connectivity index (χ1) is 14.3. The molecule has 0 unspecified atom stereocenters. The second kappa shape index (κ2) is 8.08. The molecule has 1 heterocycles. The van der Waals surface area contributed by atoms with Gasteiger partial charge in [-0.05, 0) is 54.4 Å². The van der Waals surface area contributed by atoms with Crippen LogP contribution in [0.4, 0.5) is 11.4 Å². The lowest BCUT2D eigenvalue weighted by Crippen LogP contribution is -2.38. The number of carbonyl (C=O) groups excluding carboxylic acids is 1. The van der Waals surface area contributed by atoms with Crippen molar-refractivity contribution in [3.05, 3.63) is 89.5 Å². The SMILES string of the molecule is Cc1ccccc1N=C1SCc2ccccc2N1C(=O)c1ccc(S(C)(=O)=O)cc1. The minimum absolute atomic E-state index is 0.182. The van der Waals surface area contributed by atoms with Crippen molar-refractivity contribution < 1.29 is 13.2 Å². The highest BCUT2D eigenvalue weighted by Gasteiger charge is 2.29. The van der Waals surface area contributed by atoms with E-state index in [1.165, 1.54) is 23.9 Å². The molecule has 0 saturated carbocycles. The highest BCUT2D eigenvalue weighted by atomic mass is 32.2. The zero-order valence-corrected chi connectivity index (χ0v) is 18.2. The lowest BCUT2D eigenvalue weighted by Gasteiger charge is -2.30. The Morgan fingerprint density at radius 2 is 1.63 bits per heavy atom. The number of benzene rings is 3. The molecule has 0 aromatic heterocycles. The van der Waals surface area contributed by atoms with Crippen molar-refractivity contribution in [2.75, 3.05) is 11.2 Å². The molecule has 0 aliphatic carbocycles. The molecule has 7 heteroatoms. The molecule has 0 radical (unpaired) electrons. The first-order valence-electron chi connectivity index (χ1n) is 9.34. The Balaban J connectivity index is 1.80. The topological polar surface area (TPSA) is 66.8 Å². The third kappa shape index (κ3) is 4.04. The fourth-order valence-electron chi connectivity index (χ4n) is 3.21. The van der Waals surface area contributed by atoms with Crippen molar-refractivity contribution in [2.24, 2.45) is 4.99 Å². The molecule has 152 valence electrons. The maximum absolute atomic E-state index is 13.5. The van der Waals surface area contributed by atoms with Gasteiger partial charge >= 0.3 is 0 Å². The molecule has 0 saturated heterocycles. The van der Waals surface area contributed by atoms with Gasteiger partial charge in [0.05, 0.1) is 16.3 Å². The van der Waals surface area contributed by atoms with E-state index >= 15 is 0 Å². The summed E-state index contributed by atoms with van der Waals surface area (Å²) >= 11 is 1.51. The predicted molar refractivity (Wildman–Crippen MR) is 122 cm³/mol. The standard InChI is InChI=1S/C23H20N2O3S2/c1-16-7-3-5-9-20(16)24-23-25(21-10-6-4-8-18(21)15-29-23)22(26)17-11-13-19(14-12-17)30(2,27)28/h3-14H,15H2,1-2H3. The fraction of sp³-hybridized carbons (Fsp3) is 0.130. The Labute approximate surface area is 180 Å². The van der Waals surface area contributed by atoms with Gasteiger partial charge in [0.2, 0.25) is 0 Å². The summed E-state index contributed by atoms with van der Waals surface area (Å²) in [5, 5.41) is 0.597. The second-order valence-corrected chi connectivity index (χ2v) is 9.99. The van der Waals surface area contributed by atoms with Crippen LogP contribution in [0.5, 0.6) is 0 Å². The van der Waals surface area contributed by atoms with Gasteiger partial charge in [-0.2, -0.15) is 0 Å². The minimum Gasteiger partial charge on any atom is -0.268 e. The van der Waals surface area contributed by atoms with Gasteiger partial charge in [0.1, 0.15) is 0 Å². The zero-order valence-electron chi connectivity index (χ0n) is 16.6. The third-order valence-corrected chi connectivity index (χ3v) is 6.96. The van der Waals surface area contributed by atoms with Gasteiger partial charge in [-0.25, -0.2) is 13.4 Å². The molecule has 0 fully saturated rings. The van der Waals surface area contributed by atoms with Gasteiger partial charge in [0.25, 0.3) is 5.91 Å². The molecule has 5 nitrogen and oxygen atoms in total. The van der Waals surface area contributed by atoms with E-state index in [0.29, 0.717) is 10.7 Å². The first-order valence-corrected chi connectivity index (χ1v) is 12.2. The van der Waals surface area contributed by atoms with Gasteiger partial charge in [-0.3, -0.25) is 9.69 Å². The fourth-order valence-corrected chi connectivity index (χ4v) is 4.84. The van der Waals surface area contributed by atoms with Gasteiger partial charge in [-0.15, -0.1) is 0 Å². The van der Waals surface area contributed by atoms with Crippen LogP contribution in [0.15, 0.2) is 82.7 Å². The number of sulfone groups is 1. The third-order valence-electron chi connectivity index (χ3n) is 4.84. The van der Waals surface area contributed by atoms with Crippen molar-refractivity contribution in [2.45, 2.75) is 17.6 Å². The van der Waals surface area contributed by atoms with Gasteiger partial charge in [0.15, 0.2) is 15.0 Å². The summed E-state index contributed by atoms with van der Waals surface area (Å²) in [4.78, 5) is 20.1. The Morgan fingerprint density at radius 3 is 2.33 bits per heavy atom. The van der Waals surface area contributed by atoms with Crippen LogP contribution >= 0.6 is 11.8 Å². The van der Waals surface area contributed by atoms with Crippen LogP contribution in [0.1, 0.15) is 21.5 Å². The number of hydrogen-bond donors (Lipinski definition) is 0. The minimum atomic E-state index is -3.33. The zero-order chi connectivity index (χ0) is 21.3. The summed E-state index contributed by atoms with van der Waals surface area (Å²) in [6.45, 7) is 1.98. The normalized spacial score (nSPS) is 15.1. The molecule has 1 aliphatic heterocycles. The summed E-state index contributed by atoms with van der Waals surface area (Å²) < 4.78 is 23.5. The molecular weight excluding hydrogens is 416 g/mol. The second-order valence-electron chi connectivity index (χ2n) is 7.04. The van der Waals surface area contributed by atoms with E-state index in [4.69, 9.17) is 4.99 Å². The summed E-state index contributed by atoms with van der Waals surface area (Å²) in [5.41, 5.74) is 4.07. The number of amidine groups is 1. The van der Waals surface area contributed by atoms with Crippen LogP contribution in [-0.4, -0.2) is 25.7 Å². The number of aliphatic imine (C=N–C) groups is 1. The molecule has 3 aromatic rings. The number of hydrogen-bond acceptors (Lipinski definition) is 5. The maximum atomic E-state index is 13.5. The number of carbonyl (C=O) groups is 1. The van der Waals surface area contributed by atoms with Crippen molar-refractivity contribution >= 4 is 44.0 Å². The van der Waals surface area contributed by atoms with Crippen LogP contribution in [0.3, 0.4) is 0 Å². The number of para-hydroxylation sites is 2. The molecule has 0 atom stereocenters. The maximum Gasteiger partial charge on any atom is 0.264 e. The van der Waals surface area contributed by atoms with Gasteiger partial charge < -0.3 is 0 Å². The van der Waals surface area contributed by atoms with Crippen LogP contribution in [-0.2, 0) is 15.6 Å². The number of nitrogens with zero attached hydrogens (tertiary/aromatic N) is 2. The molecule has 1 aliphatic rings. The van der Waals surface area contributed by atoms with Crippen molar-refractivity contribution in [3.8, 4) is 0 Å². The van der Waals surface area contributed by atoms with Crippen molar-refractivity contribution in [3.63, 3.8) is 0 Å². The van der Waals surface area contributed by atoms with Crippen LogP contribution in [0.2, 0.25) is 0 Å². The quantitative estimate of drug-likeness (QED) is 0.581. The average molecular weight is 437 g/mol. The van der Waals surface area contributed by atoms with Gasteiger partial charge in [-0.1, -0.05) is 48.2 Å². The van der Waals surface area contributed by atoms with Crippen LogP contribution in [0, 0.1) is 6.92 Å². The number of amides is 1. The van der Waals surface area contributed by atoms with E-state index in [0.717, 1.165) is 34.5 Å². The molecule has 30 heavy (non-hydrogen) atoms. The lowest BCUT2D eigenvalue weighted by atomic mass is 10.1. The molecule has 4 rings (SSSR count). The number of aryl methyl sites for hydroxylation is 1. The molecule has 0 spiro atoms. The monoisotopic (exact) mass is 436 g/mol. The van der Waals surface area contributed by atoms with E-state index in [2.05, 4.69) is 0 Å². The molecule has 1 amide bonds. The van der Waals surface area contributed by atoms with E-state index < -0.39 is 9.84 Å². The Kier molecular flexibility index (Phi) is 5.49. The van der Waals surface area contributed by atoms with Crippen LogP contribution in [0.25, 0.3) is 0 Å². The van der Waals surface area contributed by atoms with Crippen molar-refractivity contribution in [1.82, 2.24) is 0 Å².